The number of aryl methyl sites for hydroxylation is 1. The summed E-state index contributed by atoms with van der Waals surface area (Å²) in [7, 11) is 1.44. The summed E-state index contributed by atoms with van der Waals surface area (Å²) >= 11 is 1.44. The predicted molar refractivity (Wildman–Crippen MR) is 182 cm³/mol. The summed E-state index contributed by atoms with van der Waals surface area (Å²) in [4.78, 5) is 49.3. The second kappa shape index (κ2) is 13.1. The number of hydrogen-bond acceptors (Lipinski definition) is 10. The SMILES string of the molecule is CNC(=O)OC(=N)c1ccc(C2=CCN(C(=O)CN3CC[C@]4(CCN(c5ccc(N)c(C(=N)c6cnc(C)s6)c5)C4=O)C3)CC2)cc1. The van der Waals surface area contributed by atoms with E-state index >= 15 is 0 Å². The Morgan fingerprint density at radius 1 is 1.11 bits per heavy atom. The van der Waals surface area contributed by atoms with Crippen LogP contribution in [0.15, 0.2) is 54.7 Å². The van der Waals surface area contributed by atoms with Crippen molar-refractivity contribution >= 4 is 57.8 Å². The minimum Gasteiger partial charge on any atom is -0.398 e. The van der Waals surface area contributed by atoms with Crippen LogP contribution in [0.25, 0.3) is 5.57 Å². The molecule has 2 saturated heterocycles. The van der Waals surface area contributed by atoms with Gasteiger partial charge in [-0.1, -0.05) is 18.2 Å². The molecule has 0 radical (unpaired) electrons. The Morgan fingerprint density at radius 2 is 1.87 bits per heavy atom. The third kappa shape index (κ3) is 6.54. The smallest absolute Gasteiger partial charge is 0.398 e. The van der Waals surface area contributed by atoms with Crippen LogP contribution in [0.1, 0.15) is 45.8 Å². The van der Waals surface area contributed by atoms with E-state index in [1.165, 1.54) is 18.4 Å². The number of nitrogens with two attached hydrogens (primary N) is 1. The quantitative estimate of drug-likeness (QED) is 0.170. The lowest BCUT2D eigenvalue weighted by molar-refractivity contribution is -0.132. The maximum absolute atomic E-state index is 13.9. The minimum atomic E-state index is -0.687. The summed E-state index contributed by atoms with van der Waals surface area (Å²) < 4.78 is 4.90. The summed E-state index contributed by atoms with van der Waals surface area (Å²) in [5.74, 6) is -0.107. The van der Waals surface area contributed by atoms with Gasteiger partial charge in [0, 0.05) is 61.9 Å². The number of carbonyl (C=O) groups excluding carboxylic acids is 3. The number of hydrogen-bond donors (Lipinski definition) is 4. The molecule has 12 nitrogen and oxygen atoms in total. The summed E-state index contributed by atoms with van der Waals surface area (Å²) in [5, 5.41) is 19.8. The molecular weight excluding hydrogens is 616 g/mol. The van der Waals surface area contributed by atoms with Gasteiger partial charge in [-0.3, -0.25) is 25.3 Å². The molecule has 3 aliphatic rings. The van der Waals surface area contributed by atoms with Gasteiger partial charge in [-0.2, -0.15) is 0 Å². The predicted octanol–water partition coefficient (Wildman–Crippen LogP) is 3.88. The molecule has 4 heterocycles. The Balaban J connectivity index is 1.04. The van der Waals surface area contributed by atoms with Crippen LogP contribution in [0.4, 0.5) is 16.2 Å². The summed E-state index contributed by atoms with van der Waals surface area (Å²) in [6.07, 6.45) is 5.18. The maximum Gasteiger partial charge on any atom is 0.413 e. The van der Waals surface area contributed by atoms with Crippen LogP contribution in [0.5, 0.6) is 0 Å². The maximum atomic E-state index is 13.9. The first-order valence-electron chi connectivity index (χ1n) is 15.6. The van der Waals surface area contributed by atoms with Crippen molar-refractivity contribution in [1.29, 1.82) is 10.8 Å². The number of thiazole rings is 1. The number of aromatic nitrogens is 1. The van der Waals surface area contributed by atoms with Crippen molar-refractivity contribution in [3.8, 4) is 0 Å². The Labute approximate surface area is 277 Å². The fourth-order valence-corrected chi connectivity index (χ4v) is 7.31. The molecule has 0 unspecified atom stereocenters. The van der Waals surface area contributed by atoms with E-state index in [1.807, 2.05) is 36.1 Å². The Morgan fingerprint density at radius 3 is 2.55 bits per heavy atom. The molecule has 0 saturated carbocycles. The first-order chi connectivity index (χ1) is 22.6. The average Bonchev–Trinajstić information content (AvgIpc) is 3.79. The van der Waals surface area contributed by atoms with Gasteiger partial charge in [0.15, 0.2) is 0 Å². The van der Waals surface area contributed by atoms with E-state index in [-0.39, 0.29) is 24.3 Å². The molecule has 1 aromatic heterocycles. The number of carbonyl (C=O) groups is 3. The fraction of sp³-hybridized carbons (Fsp3) is 0.353. The third-order valence-corrected chi connectivity index (χ3v) is 10.2. The van der Waals surface area contributed by atoms with Crippen molar-refractivity contribution in [3.63, 3.8) is 0 Å². The van der Waals surface area contributed by atoms with Crippen LogP contribution in [0, 0.1) is 23.2 Å². The van der Waals surface area contributed by atoms with Crippen molar-refractivity contribution in [1.82, 2.24) is 20.1 Å². The summed E-state index contributed by atoms with van der Waals surface area (Å²) in [6.45, 7) is 5.10. The second-order valence-electron chi connectivity index (χ2n) is 12.2. The monoisotopic (exact) mass is 654 g/mol. The highest BCUT2D eigenvalue weighted by atomic mass is 32.1. The number of anilines is 2. The van der Waals surface area contributed by atoms with Gasteiger partial charge >= 0.3 is 6.09 Å². The van der Waals surface area contributed by atoms with Gasteiger partial charge in [-0.15, -0.1) is 11.3 Å². The standard InChI is InChI=1S/C34H38N8O4S/c1-21-39-18-28(47-21)30(36)26-17-25(7-8-27(26)35)42-16-12-34(32(42)44)11-15-40(20-34)19-29(43)41-13-9-23(10-14-41)22-3-5-24(6-4-22)31(37)46-33(45)38-2/h3-9,17-18,36-37H,10-16,19-20,35H2,1-2H3,(H,38,45)/t34-/m0/s1. The average molecular weight is 655 g/mol. The Hall–Kier alpha value is -4.88. The van der Waals surface area contributed by atoms with Gasteiger partial charge < -0.3 is 25.6 Å². The molecule has 3 amide bonds. The van der Waals surface area contributed by atoms with Gasteiger partial charge in [0.05, 0.1) is 27.6 Å². The second-order valence-corrected chi connectivity index (χ2v) is 13.4. The van der Waals surface area contributed by atoms with Crippen LogP contribution in [-0.2, 0) is 14.3 Å². The number of nitrogen functional groups attached to an aromatic ring is 1. The summed E-state index contributed by atoms with van der Waals surface area (Å²) in [5.41, 5.74) is 10.5. The molecule has 47 heavy (non-hydrogen) atoms. The third-order valence-electron chi connectivity index (χ3n) is 9.27. The molecule has 0 aliphatic carbocycles. The molecule has 1 spiro atoms. The number of alkyl carbamates (subject to hydrolysis) is 1. The number of nitrogens with one attached hydrogen (secondary N) is 3. The Bertz CT molecular complexity index is 1780. The number of ether oxygens (including phenoxy) is 1. The van der Waals surface area contributed by atoms with Crippen LogP contribution in [0.3, 0.4) is 0 Å². The van der Waals surface area contributed by atoms with E-state index in [9.17, 15) is 14.4 Å². The van der Waals surface area contributed by atoms with Crippen molar-refractivity contribution in [2.24, 2.45) is 5.41 Å². The van der Waals surface area contributed by atoms with Gasteiger partial charge in [0.25, 0.3) is 0 Å². The van der Waals surface area contributed by atoms with Crippen LogP contribution in [0.2, 0.25) is 0 Å². The van der Waals surface area contributed by atoms with E-state index in [1.54, 1.807) is 29.3 Å². The molecule has 1 atom stereocenters. The van der Waals surface area contributed by atoms with Gasteiger partial charge in [0.1, 0.15) is 0 Å². The summed E-state index contributed by atoms with van der Waals surface area (Å²) in [6, 6.07) is 12.7. The van der Waals surface area contributed by atoms with Crippen LogP contribution < -0.4 is 16.0 Å². The highest BCUT2D eigenvalue weighted by Gasteiger charge is 2.51. The molecule has 244 valence electrons. The molecule has 13 heteroatoms. The topological polar surface area (TPSA) is 169 Å². The van der Waals surface area contributed by atoms with E-state index in [2.05, 4.69) is 21.3 Å². The van der Waals surface area contributed by atoms with E-state index in [4.69, 9.17) is 21.3 Å². The number of amides is 3. The number of nitrogens with zero attached hydrogens (tertiary/aromatic N) is 4. The number of likely N-dealkylation sites (tertiary alicyclic amines) is 1. The molecule has 2 aromatic carbocycles. The van der Waals surface area contributed by atoms with E-state index in [0.29, 0.717) is 74.5 Å². The van der Waals surface area contributed by atoms with Crippen molar-refractivity contribution in [2.75, 3.05) is 56.9 Å². The number of rotatable bonds is 7. The lowest BCUT2D eigenvalue weighted by Crippen LogP contribution is -2.43. The largest absolute Gasteiger partial charge is 0.413 e. The van der Waals surface area contributed by atoms with E-state index < -0.39 is 11.5 Å². The molecule has 5 N–H and O–H groups in total. The van der Waals surface area contributed by atoms with Crippen molar-refractivity contribution in [2.45, 2.75) is 26.2 Å². The van der Waals surface area contributed by atoms with Crippen LogP contribution in [-0.4, -0.2) is 90.6 Å². The zero-order chi connectivity index (χ0) is 33.3. The fourth-order valence-electron chi connectivity index (χ4n) is 6.56. The van der Waals surface area contributed by atoms with Crippen molar-refractivity contribution < 1.29 is 19.1 Å². The first kappa shape index (κ1) is 32.1. The highest BCUT2D eigenvalue weighted by molar-refractivity contribution is 7.13. The Kier molecular flexibility index (Phi) is 8.93. The van der Waals surface area contributed by atoms with Crippen LogP contribution >= 0.6 is 11.3 Å². The van der Waals surface area contributed by atoms with Gasteiger partial charge in [-0.25, -0.2) is 9.78 Å². The molecule has 3 aromatic rings. The van der Waals surface area contributed by atoms with Gasteiger partial charge in [0.2, 0.25) is 17.7 Å². The lowest BCUT2D eigenvalue weighted by atomic mass is 9.85. The van der Waals surface area contributed by atoms with Gasteiger partial charge in [-0.05, 0) is 74.2 Å². The molecule has 6 rings (SSSR count). The minimum absolute atomic E-state index is 0.0507. The van der Waals surface area contributed by atoms with Crippen molar-refractivity contribution in [3.05, 3.63) is 81.3 Å². The first-order valence-corrected chi connectivity index (χ1v) is 16.4. The normalized spacial score (nSPS) is 19.6. The molecular formula is C34H38N8O4S. The highest BCUT2D eigenvalue weighted by Crippen LogP contribution is 2.43. The molecule has 3 aliphatic heterocycles. The number of benzene rings is 2. The van der Waals surface area contributed by atoms with E-state index in [0.717, 1.165) is 26.7 Å². The molecule has 0 bridgehead atoms. The molecule has 2 fully saturated rings. The zero-order valence-corrected chi connectivity index (χ0v) is 27.3. The zero-order valence-electron chi connectivity index (χ0n) is 26.5. The lowest BCUT2D eigenvalue weighted by Gasteiger charge is -2.29.